The number of aryl methyl sites for hydroxylation is 3. The molecule has 0 atom stereocenters. The second kappa shape index (κ2) is 20.0. The molecular formula is C55H63N3O3S. The van der Waals surface area contributed by atoms with Gasteiger partial charge in [0.05, 0.1) is 11.4 Å². The van der Waals surface area contributed by atoms with Gasteiger partial charge in [-0.3, -0.25) is 4.55 Å². The van der Waals surface area contributed by atoms with E-state index in [9.17, 15) is 13.0 Å². The maximum Gasteiger partial charge on any atom is 0.264 e. The fourth-order valence-corrected chi connectivity index (χ4v) is 9.07. The van der Waals surface area contributed by atoms with Gasteiger partial charge >= 0.3 is 0 Å². The van der Waals surface area contributed by atoms with E-state index in [0.717, 1.165) is 71.3 Å². The number of fused-ring (bicyclic) bond motifs is 1. The van der Waals surface area contributed by atoms with Crippen LogP contribution in [-0.2, 0) is 16.7 Å². The normalized spacial score (nSPS) is 13.9. The van der Waals surface area contributed by atoms with Crippen LogP contribution in [0.25, 0.3) is 27.7 Å². The number of unbranched alkanes of at least 4 members (excludes halogenated alkanes) is 1. The van der Waals surface area contributed by atoms with Gasteiger partial charge in [0.25, 0.3) is 10.1 Å². The van der Waals surface area contributed by atoms with Crippen molar-refractivity contribution in [2.24, 2.45) is 11.8 Å². The van der Waals surface area contributed by atoms with Crippen molar-refractivity contribution in [1.29, 1.82) is 0 Å². The molecule has 0 radical (unpaired) electrons. The van der Waals surface area contributed by atoms with E-state index < -0.39 is 10.1 Å². The highest BCUT2D eigenvalue weighted by molar-refractivity contribution is 7.85. The van der Waals surface area contributed by atoms with Gasteiger partial charge in [-0.15, -0.1) is 0 Å². The molecule has 322 valence electrons. The lowest BCUT2D eigenvalue weighted by molar-refractivity contribution is 0.478. The quantitative estimate of drug-likeness (QED) is 0.0689. The van der Waals surface area contributed by atoms with Crippen molar-refractivity contribution in [3.8, 4) is 11.3 Å². The minimum absolute atomic E-state index is 0.256. The zero-order valence-electron chi connectivity index (χ0n) is 37.4. The standard InChI is InChI=1S/C55H63N3O3S/c1-40(2)34-37-56(47-26-18-42(5)19-27-47)49-30-22-44(23-31-49)53(45-24-32-50(33-25-45)57(38-35-41(3)4)48-28-20-43(6)21-29-48)54-51-16-10-11-17-52(51)58(36-12-13-39-62(59,60)61)55(54)46-14-8-7-9-15-46/h7-11,14-24,26-33,40-41H,12-13,25,34-39H2,1-6H3,(H,59,60,61)/b53-45-. The number of anilines is 3. The Balaban J connectivity index is 1.40. The molecule has 1 aliphatic rings. The zero-order chi connectivity index (χ0) is 43.8. The van der Waals surface area contributed by atoms with E-state index in [2.05, 4.69) is 202 Å². The number of nitrogens with zero attached hydrogens (tertiary/aromatic N) is 3. The van der Waals surface area contributed by atoms with Crippen molar-refractivity contribution in [3.05, 3.63) is 179 Å². The van der Waals surface area contributed by atoms with Gasteiger partial charge in [0.1, 0.15) is 0 Å². The second-order valence-electron chi connectivity index (χ2n) is 17.7. The molecule has 1 heterocycles. The number of rotatable bonds is 18. The molecule has 62 heavy (non-hydrogen) atoms. The van der Waals surface area contributed by atoms with Crippen molar-refractivity contribution in [1.82, 2.24) is 4.57 Å². The fraction of sp³-hybridized carbons (Fsp3) is 0.309. The summed E-state index contributed by atoms with van der Waals surface area (Å²) in [5.74, 6) is 0.896. The highest BCUT2D eigenvalue weighted by Gasteiger charge is 2.26. The molecule has 0 saturated heterocycles. The molecular weight excluding hydrogens is 783 g/mol. The minimum atomic E-state index is -4.06. The molecule has 0 amide bonds. The number of aromatic nitrogens is 1. The minimum Gasteiger partial charge on any atom is -0.342 e. The maximum absolute atomic E-state index is 11.7. The number of para-hydroxylation sites is 1. The molecule has 5 aromatic carbocycles. The summed E-state index contributed by atoms with van der Waals surface area (Å²) in [5, 5.41) is 1.15. The van der Waals surface area contributed by atoms with E-state index in [-0.39, 0.29) is 5.75 Å². The number of benzene rings is 5. The van der Waals surface area contributed by atoms with Crippen molar-refractivity contribution >= 4 is 43.7 Å². The number of hydrogen-bond acceptors (Lipinski definition) is 4. The summed E-state index contributed by atoms with van der Waals surface area (Å²) < 4.78 is 35.4. The van der Waals surface area contributed by atoms with Gasteiger partial charge in [0.15, 0.2) is 0 Å². The lowest BCUT2D eigenvalue weighted by Crippen LogP contribution is -2.24. The van der Waals surface area contributed by atoms with E-state index in [0.29, 0.717) is 31.2 Å². The fourth-order valence-electron chi connectivity index (χ4n) is 8.50. The monoisotopic (exact) mass is 845 g/mol. The molecule has 1 aromatic heterocycles. The first kappa shape index (κ1) is 44.4. The van der Waals surface area contributed by atoms with Crippen molar-refractivity contribution in [2.75, 3.05) is 28.6 Å². The average Bonchev–Trinajstić information content (AvgIpc) is 3.58. The largest absolute Gasteiger partial charge is 0.342 e. The molecule has 6 nitrogen and oxygen atoms in total. The van der Waals surface area contributed by atoms with Crippen molar-refractivity contribution in [3.63, 3.8) is 0 Å². The lowest BCUT2D eigenvalue weighted by atomic mass is 9.86. The Morgan fingerprint density at radius 2 is 1.21 bits per heavy atom. The topological polar surface area (TPSA) is 65.8 Å². The Bertz CT molecular complexity index is 2640. The van der Waals surface area contributed by atoms with Crippen molar-refractivity contribution < 1.29 is 13.0 Å². The van der Waals surface area contributed by atoms with Crippen LogP contribution in [-0.4, -0.2) is 36.4 Å². The van der Waals surface area contributed by atoms with E-state index in [4.69, 9.17) is 0 Å². The average molecular weight is 846 g/mol. The molecule has 7 rings (SSSR count). The Kier molecular flexibility index (Phi) is 14.4. The van der Waals surface area contributed by atoms with Crippen LogP contribution in [0.5, 0.6) is 0 Å². The smallest absolute Gasteiger partial charge is 0.264 e. The summed E-state index contributed by atoms with van der Waals surface area (Å²) in [6.07, 6.45) is 10.9. The predicted molar refractivity (Wildman–Crippen MR) is 263 cm³/mol. The maximum atomic E-state index is 11.7. The van der Waals surface area contributed by atoms with Crippen LogP contribution in [0.15, 0.2) is 157 Å². The first-order chi connectivity index (χ1) is 29.9. The van der Waals surface area contributed by atoms with Gasteiger partial charge < -0.3 is 14.4 Å². The van der Waals surface area contributed by atoms with E-state index >= 15 is 0 Å². The van der Waals surface area contributed by atoms with Crippen LogP contribution < -0.4 is 9.80 Å². The van der Waals surface area contributed by atoms with Gasteiger partial charge in [-0.05, 0) is 129 Å². The molecule has 0 spiro atoms. The molecule has 0 bridgehead atoms. The third-order valence-corrected chi connectivity index (χ3v) is 12.7. The SMILES string of the molecule is Cc1ccc(N(CCC(C)C)C2=CC/C(=C(/c3ccc(N(CCC(C)C)c4ccc(C)cc4)cc3)c3c(-c4ccccc4)n(CCCCS(=O)(=O)O)c4ccccc34)C=C2)cc1. The third kappa shape index (κ3) is 10.9. The van der Waals surface area contributed by atoms with Crippen LogP contribution in [0, 0.1) is 25.7 Å². The number of hydrogen-bond donors (Lipinski definition) is 1. The van der Waals surface area contributed by atoms with Gasteiger partial charge in [-0.1, -0.05) is 136 Å². The first-order valence-electron chi connectivity index (χ1n) is 22.4. The summed E-state index contributed by atoms with van der Waals surface area (Å²) in [6.45, 7) is 15.9. The third-order valence-electron chi connectivity index (χ3n) is 11.9. The highest BCUT2D eigenvalue weighted by atomic mass is 32.2. The Labute approximate surface area is 370 Å². The zero-order valence-corrected chi connectivity index (χ0v) is 38.2. The first-order valence-corrected chi connectivity index (χ1v) is 24.0. The van der Waals surface area contributed by atoms with Gasteiger partial charge in [-0.25, -0.2) is 0 Å². The Hall–Kier alpha value is -5.63. The molecule has 0 saturated carbocycles. The van der Waals surface area contributed by atoms with E-state index in [1.807, 2.05) is 0 Å². The van der Waals surface area contributed by atoms with Crippen LogP contribution >= 0.6 is 0 Å². The van der Waals surface area contributed by atoms with Crippen LogP contribution in [0.2, 0.25) is 0 Å². The molecule has 0 fully saturated rings. The molecule has 6 aromatic rings. The van der Waals surface area contributed by atoms with Gasteiger partial charge in [0.2, 0.25) is 0 Å². The Morgan fingerprint density at radius 1 is 0.661 bits per heavy atom. The molecule has 7 heteroatoms. The predicted octanol–water partition coefficient (Wildman–Crippen LogP) is 14.0. The molecule has 1 N–H and O–H groups in total. The van der Waals surface area contributed by atoms with E-state index in [1.165, 1.54) is 39.3 Å². The summed E-state index contributed by atoms with van der Waals surface area (Å²) in [6, 6.07) is 46.1. The van der Waals surface area contributed by atoms with Crippen molar-refractivity contribution in [2.45, 2.75) is 80.2 Å². The second-order valence-corrected chi connectivity index (χ2v) is 19.3. The Morgan fingerprint density at radius 3 is 1.77 bits per heavy atom. The highest BCUT2D eigenvalue weighted by Crippen LogP contribution is 2.44. The summed E-state index contributed by atoms with van der Waals surface area (Å²) >= 11 is 0. The number of allylic oxidation sites excluding steroid dienone is 4. The molecule has 0 aliphatic heterocycles. The van der Waals surface area contributed by atoms with Crippen LogP contribution in [0.1, 0.15) is 82.1 Å². The van der Waals surface area contributed by atoms with Gasteiger partial charge in [0, 0.05) is 58.9 Å². The lowest BCUT2D eigenvalue weighted by Gasteiger charge is -2.29. The van der Waals surface area contributed by atoms with E-state index in [1.54, 1.807) is 0 Å². The molecule has 1 aliphatic carbocycles. The summed E-state index contributed by atoms with van der Waals surface area (Å²) in [7, 11) is -4.06. The van der Waals surface area contributed by atoms with Gasteiger partial charge in [-0.2, -0.15) is 8.42 Å². The van der Waals surface area contributed by atoms with Crippen LogP contribution in [0.4, 0.5) is 17.1 Å². The van der Waals surface area contributed by atoms with Crippen LogP contribution in [0.3, 0.4) is 0 Å². The summed E-state index contributed by atoms with van der Waals surface area (Å²) in [4.78, 5) is 4.90. The molecule has 0 unspecified atom stereocenters. The summed E-state index contributed by atoms with van der Waals surface area (Å²) in [5.41, 5.74) is 15.3.